The summed E-state index contributed by atoms with van der Waals surface area (Å²) in [5, 5.41) is 3.44. The van der Waals surface area contributed by atoms with Crippen LogP contribution < -0.4 is 11.1 Å². The third kappa shape index (κ3) is 2.99. The molecule has 0 bridgehead atoms. The van der Waals surface area contributed by atoms with Gasteiger partial charge in [0, 0.05) is 6.04 Å². The van der Waals surface area contributed by atoms with Gasteiger partial charge in [0.05, 0.1) is 11.3 Å². The van der Waals surface area contributed by atoms with Gasteiger partial charge in [0.2, 0.25) is 0 Å². The lowest BCUT2D eigenvalue weighted by molar-refractivity contribution is 0.100. The minimum Gasteiger partial charge on any atom is -0.381 e. The minimum atomic E-state index is -0.341. The molecule has 92 valence electrons. The Morgan fingerprint density at radius 3 is 2.82 bits per heavy atom. The Morgan fingerprint density at radius 1 is 1.47 bits per heavy atom. The number of primary amides is 1. The van der Waals surface area contributed by atoms with Crippen molar-refractivity contribution in [3.05, 3.63) is 29.3 Å². The van der Waals surface area contributed by atoms with Crippen molar-refractivity contribution in [2.24, 2.45) is 5.73 Å². The van der Waals surface area contributed by atoms with Gasteiger partial charge in [-0.1, -0.05) is 25.5 Å². The van der Waals surface area contributed by atoms with Gasteiger partial charge in [0.1, 0.15) is 0 Å². The monoisotopic (exact) mass is 232 g/mol. The molecule has 0 aliphatic heterocycles. The van der Waals surface area contributed by atoms with Gasteiger partial charge in [-0.05, 0) is 37.3 Å². The number of carbonyl (C=O) groups excluding carboxylic acids is 1. The maximum absolute atomic E-state index is 11.4. The van der Waals surface area contributed by atoms with Crippen LogP contribution in [-0.4, -0.2) is 11.9 Å². The number of benzene rings is 1. The van der Waals surface area contributed by atoms with Crippen LogP contribution in [0.5, 0.6) is 0 Å². The molecule has 17 heavy (non-hydrogen) atoms. The first-order chi connectivity index (χ1) is 8.22. The summed E-state index contributed by atoms with van der Waals surface area (Å²) in [6.45, 7) is 2.17. The summed E-state index contributed by atoms with van der Waals surface area (Å²) in [7, 11) is 0. The maximum Gasteiger partial charge on any atom is 0.250 e. The van der Waals surface area contributed by atoms with Crippen molar-refractivity contribution >= 4 is 11.6 Å². The average Bonchev–Trinajstić information content (AvgIpc) is 3.11. The number of para-hydroxylation sites is 1. The lowest BCUT2D eigenvalue weighted by Crippen LogP contribution is -2.16. The van der Waals surface area contributed by atoms with E-state index in [9.17, 15) is 4.79 Å². The Morgan fingerprint density at radius 2 is 2.24 bits per heavy atom. The standard InChI is InChI=1S/C14H20N2O/c1-2-3-5-10-6-4-7-12(14(15)17)13(10)16-11-8-9-11/h4,6-7,11,16H,2-3,5,8-9H2,1H3,(H2,15,17). The number of anilines is 1. The molecule has 0 atom stereocenters. The topological polar surface area (TPSA) is 55.1 Å². The summed E-state index contributed by atoms with van der Waals surface area (Å²) in [5.74, 6) is -0.341. The van der Waals surface area contributed by atoms with Gasteiger partial charge < -0.3 is 11.1 Å². The van der Waals surface area contributed by atoms with E-state index >= 15 is 0 Å². The molecule has 0 saturated heterocycles. The SMILES string of the molecule is CCCCc1cccc(C(N)=O)c1NC1CC1. The predicted octanol–water partition coefficient (Wildman–Crippen LogP) is 2.70. The van der Waals surface area contributed by atoms with Gasteiger partial charge in [-0.15, -0.1) is 0 Å². The molecule has 1 saturated carbocycles. The quantitative estimate of drug-likeness (QED) is 0.792. The molecular weight excluding hydrogens is 212 g/mol. The van der Waals surface area contributed by atoms with Crippen LogP contribution in [-0.2, 0) is 6.42 Å². The second-order valence-corrected chi connectivity index (χ2v) is 4.73. The van der Waals surface area contributed by atoms with E-state index in [1.54, 1.807) is 0 Å². The van der Waals surface area contributed by atoms with Crippen LogP contribution in [0.4, 0.5) is 5.69 Å². The normalized spacial score (nSPS) is 14.6. The number of nitrogens with two attached hydrogens (primary N) is 1. The van der Waals surface area contributed by atoms with Gasteiger partial charge in [0.15, 0.2) is 0 Å². The molecule has 1 aromatic rings. The van der Waals surface area contributed by atoms with Crippen molar-refractivity contribution in [2.75, 3.05) is 5.32 Å². The molecule has 1 aliphatic carbocycles. The van der Waals surface area contributed by atoms with Crippen molar-refractivity contribution in [3.8, 4) is 0 Å². The van der Waals surface area contributed by atoms with E-state index in [-0.39, 0.29) is 5.91 Å². The van der Waals surface area contributed by atoms with Crippen LogP contribution in [0.3, 0.4) is 0 Å². The van der Waals surface area contributed by atoms with E-state index < -0.39 is 0 Å². The summed E-state index contributed by atoms with van der Waals surface area (Å²) in [6.07, 6.45) is 5.69. The molecule has 0 unspecified atom stereocenters. The van der Waals surface area contributed by atoms with Gasteiger partial charge in [-0.25, -0.2) is 0 Å². The van der Waals surface area contributed by atoms with Crippen LogP contribution >= 0.6 is 0 Å². The molecule has 1 fully saturated rings. The van der Waals surface area contributed by atoms with Crippen LogP contribution in [0.2, 0.25) is 0 Å². The van der Waals surface area contributed by atoms with Gasteiger partial charge in [-0.2, -0.15) is 0 Å². The highest BCUT2D eigenvalue weighted by Crippen LogP contribution is 2.30. The summed E-state index contributed by atoms with van der Waals surface area (Å²) in [5.41, 5.74) is 8.25. The minimum absolute atomic E-state index is 0.341. The average molecular weight is 232 g/mol. The molecule has 1 amide bonds. The number of aryl methyl sites for hydroxylation is 1. The molecule has 3 nitrogen and oxygen atoms in total. The lowest BCUT2D eigenvalue weighted by atomic mass is 10.0. The fourth-order valence-corrected chi connectivity index (χ4v) is 1.98. The van der Waals surface area contributed by atoms with E-state index in [4.69, 9.17) is 5.73 Å². The van der Waals surface area contributed by atoms with Gasteiger partial charge in [0.25, 0.3) is 5.91 Å². The number of hydrogen-bond donors (Lipinski definition) is 2. The Labute approximate surface area is 102 Å². The first-order valence-corrected chi connectivity index (χ1v) is 6.40. The summed E-state index contributed by atoms with van der Waals surface area (Å²) in [6, 6.07) is 6.36. The molecule has 1 aliphatic rings. The zero-order chi connectivity index (χ0) is 12.3. The van der Waals surface area contributed by atoms with Gasteiger partial charge in [-0.3, -0.25) is 4.79 Å². The Balaban J connectivity index is 2.27. The highest BCUT2D eigenvalue weighted by Gasteiger charge is 2.24. The van der Waals surface area contributed by atoms with Crippen molar-refractivity contribution in [3.63, 3.8) is 0 Å². The molecule has 2 rings (SSSR count). The Kier molecular flexibility index (Phi) is 3.67. The molecule has 0 radical (unpaired) electrons. The first kappa shape index (κ1) is 12.0. The number of unbranched alkanes of at least 4 members (excludes halogenated alkanes) is 1. The fourth-order valence-electron chi connectivity index (χ4n) is 1.98. The van der Waals surface area contributed by atoms with E-state index in [2.05, 4.69) is 18.3 Å². The predicted molar refractivity (Wildman–Crippen MR) is 70.2 cm³/mol. The fraction of sp³-hybridized carbons (Fsp3) is 0.500. The molecule has 0 spiro atoms. The number of amides is 1. The maximum atomic E-state index is 11.4. The largest absolute Gasteiger partial charge is 0.381 e. The van der Waals surface area contributed by atoms with Crippen molar-refractivity contribution in [1.29, 1.82) is 0 Å². The lowest BCUT2D eigenvalue weighted by Gasteiger charge is -2.14. The van der Waals surface area contributed by atoms with E-state index in [0.29, 0.717) is 11.6 Å². The van der Waals surface area contributed by atoms with Crippen molar-refractivity contribution in [2.45, 2.75) is 45.1 Å². The third-order valence-corrected chi connectivity index (χ3v) is 3.14. The van der Waals surface area contributed by atoms with Crippen LogP contribution in [0, 0.1) is 0 Å². The Hall–Kier alpha value is -1.51. The second-order valence-electron chi connectivity index (χ2n) is 4.73. The van der Waals surface area contributed by atoms with E-state index in [1.807, 2.05) is 12.1 Å². The van der Waals surface area contributed by atoms with Crippen LogP contribution in [0.15, 0.2) is 18.2 Å². The van der Waals surface area contributed by atoms with Gasteiger partial charge >= 0.3 is 0 Å². The molecular formula is C14H20N2O. The highest BCUT2D eigenvalue weighted by atomic mass is 16.1. The molecule has 3 heteroatoms. The second kappa shape index (κ2) is 5.21. The molecule has 0 aromatic heterocycles. The summed E-state index contributed by atoms with van der Waals surface area (Å²) < 4.78 is 0. The Bertz CT molecular complexity index is 411. The first-order valence-electron chi connectivity index (χ1n) is 6.40. The van der Waals surface area contributed by atoms with Crippen molar-refractivity contribution in [1.82, 2.24) is 0 Å². The van der Waals surface area contributed by atoms with Crippen LogP contribution in [0.25, 0.3) is 0 Å². The number of hydrogen-bond acceptors (Lipinski definition) is 2. The smallest absolute Gasteiger partial charge is 0.250 e. The molecule has 0 heterocycles. The number of rotatable bonds is 6. The molecule has 3 N–H and O–H groups in total. The van der Waals surface area contributed by atoms with E-state index in [0.717, 1.165) is 24.9 Å². The van der Waals surface area contributed by atoms with Crippen LogP contribution in [0.1, 0.15) is 48.5 Å². The molecule has 1 aromatic carbocycles. The summed E-state index contributed by atoms with van der Waals surface area (Å²) >= 11 is 0. The third-order valence-electron chi connectivity index (χ3n) is 3.14. The van der Waals surface area contributed by atoms with E-state index in [1.165, 1.54) is 18.4 Å². The number of carbonyl (C=O) groups is 1. The summed E-state index contributed by atoms with van der Waals surface area (Å²) in [4.78, 5) is 11.4. The van der Waals surface area contributed by atoms with Crippen molar-refractivity contribution < 1.29 is 4.79 Å². The zero-order valence-electron chi connectivity index (χ0n) is 10.3. The highest BCUT2D eigenvalue weighted by molar-refractivity contribution is 5.99. The zero-order valence-corrected chi connectivity index (χ0v) is 10.3. The number of nitrogens with one attached hydrogen (secondary N) is 1.